The van der Waals surface area contributed by atoms with Gasteiger partial charge in [0.1, 0.15) is 20.3 Å². The number of hydrogen-bond donors (Lipinski definition) is 1. The molecule has 0 fully saturated rings. The average molecular weight is 699 g/mol. The summed E-state index contributed by atoms with van der Waals surface area (Å²) < 4.78 is 34.5. The van der Waals surface area contributed by atoms with Crippen LogP contribution in [-0.4, -0.2) is 5.91 Å². The number of benzene rings is 5. The predicted molar refractivity (Wildman–Crippen MR) is 174 cm³/mol. The monoisotopic (exact) mass is 697 g/mol. The van der Waals surface area contributed by atoms with Gasteiger partial charge in [-0.15, -0.1) is 10.2 Å². The molecule has 1 N–H and O–H groups in total. The Balaban J connectivity index is 0.000000854. The molecule has 0 aliphatic carbocycles. The van der Waals surface area contributed by atoms with Crippen LogP contribution >= 0.6 is 42.2 Å². The number of aryl methyl sites for hydroxylation is 1. The lowest BCUT2D eigenvalue weighted by molar-refractivity contribution is -2.00. The minimum Gasteiger partial charge on any atom is -0.290 e. The van der Waals surface area contributed by atoms with E-state index in [-0.39, 0.29) is 5.91 Å². The Hall–Kier alpha value is -3.20. The van der Waals surface area contributed by atoms with Crippen molar-refractivity contribution in [3.05, 3.63) is 165 Å². The van der Waals surface area contributed by atoms with Crippen molar-refractivity contribution in [1.29, 1.82) is 0 Å². The molecule has 0 radical (unpaired) electrons. The van der Waals surface area contributed by atoms with Gasteiger partial charge in [0.15, 0.2) is 7.26 Å². The first-order valence-electron chi connectivity index (χ1n) is 13.4. The Morgan fingerprint density at radius 2 is 1.07 bits per heavy atom. The van der Waals surface area contributed by atoms with Crippen molar-refractivity contribution >= 4 is 64.0 Å². The predicted octanol–water partition coefficient (Wildman–Crippen LogP) is 3.77. The van der Waals surface area contributed by atoms with E-state index in [9.17, 15) is 4.79 Å². The minimum atomic E-state index is -4.94. The molecular weight excluding hydrogens is 672 g/mol. The zero-order valence-corrected chi connectivity index (χ0v) is 27.8. The summed E-state index contributed by atoms with van der Waals surface area (Å²) in [7, 11) is -7.63. The number of nitrogens with one attached hydrogen (secondary N) is 1. The summed E-state index contributed by atoms with van der Waals surface area (Å²) in [5.74, 6) is -0.211. The third-order valence-corrected chi connectivity index (χ3v) is 12.6. The Morgan fingerprint density at radius 3 is 1.47 bits per heavy atom. The third-order valence-electron chi connectivity index (χ3n) is 6.52. The van der Waals surface area contributed by atoms with Crippen LogP contribution in [0.1, 0.15) is 15.9 Å². The Kier molecular flexibility index (Phi) is 12.2. The molecule has 0 aromatic heterocycles. The van der Waals surface area contributed by atoms with Crippen LogP contribution in [-0.2, 0) is 0 Å². The molecule has 45 heavy (non-hydrogen) atoms. The van der Waals surface area contributed by atoms with Gasteiger partial charge in [0.25, 0.3) is 5.91 Å². The van der Waals surface area contributed by atoms with Crippen molar-refractivity contribution in [3.8, 4) is 0 Å². The zero-order chi connectivity index (χ0) is 32.5. The number of rotatable bonds is 8. The van der Waals surface area contributed by atoms with Crippen LogP contribution in [0.25, 0.3) is 0 Å². The Labute approximate surface area is 279 Å². The first kappa shape index (κ1) is 34.7. The third kappa shape index (κ3) is 9.41. The lowest BCUT2D eigenvalue weighted by atomic mass is 10.1. The second-order valence-electron chi connectivity index (χ2n) is 9.55. The molecule has 6 nitrogen and oxygen atoms in total. The molecule has 0 aliphatic rings. The highest BCUT2D eigenvalue weighted by Crippen LogP contribution is 2.64. The largest absolute Gasteiger partial charge is 0.290 e. The molecule has 0 atom stereocenters. The summed E-state index contributed by atoms with van der Waals surface area (Å²) in [5, 5.41) is 7.24. The van der Waals surface area contributed by atoms with E-state index in [1.165, 1.54) is 11.8 Å². The minimum absolute atomic E-state index is 0.211. The van der Waals surface area contributed by atoms with Crippen LogP contribution in [0.15, 0.2) is 154 Å². The van der Waals surface area contributed by atoms with Gasteiger partial charge in [-0.05, 0) is 79.7 Å². The molecule has 0 heterocycles. The van der Waals surface area contributed by atoms with Crippen molar-refractivity contribution in [2.24, 2.45) is 0 Å². The summed E-state index contributed by atoms with van der Waals surface area (Å²) in [4.78, 5) is 14.8. The molecule has 0 spiro atoms. The first-order chi connectivity index (χ1) is 21.5. The fourth-order valence-corrected chi connectivity index (χ4v) is 10.6. The quantitative estimate of drug-likeness (QED) is 0.195. The number of thioether (sulfide) groups is 1. The number of carbonyl (C=O) groups is 1. The molecule has 230 valence electrons. The highest BCUT2D eigenvalue weighted by Gasteiger charge is 2.52. The van der Waals surface area contributed by atoms with E-state index in [1.807, 2.05) is 110 Å². The summed E-state index contributed by atoms with van der Waals surface area (Å²) in [6, 6.07) is 46.1. The van der Waals surface area contributed by atoms with Gasteiger partial charge in [-0.25, -0.2) is 18.6 Å². The molecular formula is C34H27Cl3NO5PS. The number of halogens is 3. The maximum Gasteiger partial charge on any atom is 0.258 e. The Bertz CT molecular complexity index is 1620. The van der Waals surface area contributed by atoms with Gasteiger partial charge >= 0.3 is 0 Å². The van der Waals surface area contributed by atoms with Crippen LogP contribution in [0.4, 0.5) is 0 Å². The van der Waals surface area contributed by atoms with Crippen LogP contribution in [0.2, 0.25) is 5.02 Å². The van der Waals surface area contributed by atoms with Gasteiger partial charge in [-0.3, -0.25) is 10.1 Å². The van der Waals surface area contributed by atoms with Gasteiger partial charge in [0.2, 0.25) is 5.44 Å². The van der Waals surface area contributed by atoms with Gasteiger partial charge in [-0.2, -0.15) is 0 Å². The highest BCUT2D eigenvalue weighted by atomic mass is 35.7. The van der Waals surface area contributed by atoms with Crippen molar-refractivity contribution in [1.82, 2.24) is 5.32 Å². The molecule has 11 heteroatoms. The fraction of sp³-hybridized carbons (Fsp3) is 0.0294. The van der Waals surface area contributed by atoms with E-state index in [4.69, 9.17) is 41.8 Å². The van der Waals surface area contributed by atoms with E-state index in [0.717, 1.165) is 26.4 Å². The Morgan fingerprint density at radius 1 is 0.667 bits per heavy atom. The van der Waals surface area contributed by atoms with Crippen LogP contribution < -0.4 is 39.9 Å². The number of amides is 1. The van der Waals surface area contributed by atoms with E-state index in [2.05, 4.69) is 41.7 Å². The summed E-state index contributed by atoms with van der Waals surface area (Å²) >= 11 is 14.9. The normalized spacial score (nSPS) is 12.0. The second-order valence-corrected chi connectivity index (χ2v) is 15.8. The zero-order valence-electron chi connectivity index (χ0n) is 23.8. The maximum absolute atomic E-state index is 13.9. The molecule has 0 bridgehead atoms. The average Bonchev–Trinajstić information content (AvgIpc) is 3.03. The molecule has 1 amide bonds. The lowest BCUT2D eigenvalue weighted by Gasteiger charge is -2.30. The van der Waals surface area contributed by atoms with Crippen molar-refractivity contribution < 1.29 is 33.7 Å². The molecule has 0 saturated heterocycles. The molecule has 5 aromatic carbocycles. The van der Waals surface area contributed by atoms with Crippen LogP contribution in [0.5, 0.6) is 0 Å². The molecule has 0 aliphatic heterocycles. The van der Waals surface area contributed by atoms with Crippen LogP contribution in [0, 0.1) is 17.2 Å². The molecule has 5 aromatic rings. The topological polar surface area (TPSA) is 121 Å². The van der Waals surface area contributed by atoms with Crippen molar-refractivity contribution in [2.45, 2.75) is 11.8 Å². The lowest BCUT2D eigenvalue weighted by Crippen LogP contribution is -2.68. The second kappa shape index (κ2) is 15.9. The standard InChI is InChI=1S/C34H26Cl2NOPS.ClHO4/c1-25-17-19-26(20-18-25)33(38)37-34(32(36)40-31-23-21-27(35)22-24-31)39(28-11-5-2-6-12-28,29-13-7-3-8-14-29)30-15-9-4-10-16-30;2-1(3,4)5/h2-24H,1H3;(H,2,3,4,5). The summed E-state index contributed by atoms with van der Waals surface area (Å²) in [6.45, 7) is 2.00. The first-order valence-corrected chi connectivity index (χ1v) is 18.0. The van der Waals surface area contributed by atoms with E-state index in [0.29, 0.717) is 20.4 Å². The van der Waals surface area contributed by atoms with Crippen molar-refractivity contribution in [3.63, 3.8) is 0 Å². The summed E-state index contributed by atoms with van der Waals surface area (Å²) in [6.07, 6.45) is 0. The maximum atomic E-state index is 13.9. The van der Waals surface area contributed by atoms with E-state index >= 15 is 0 Å². The molecule has 0 saturated carbocycles. The van der Waals surface area contributed by atoms with Gasteiger partial charge in [0, 0.05) is 15.5 Å². The van der Waals surface area contributed by atoms with Crippen LogP contribution in [0.3, 0.4) is 0 Å². The highest BCUT2D eigenvalue weighted by molar-refractivity contribution is 8.06. The number of hydrogen-bond acceptors (Lipinski definition) is 6. The van der Waals surface area contributed by atoms with Gasteiger partial charge in [0.05, 0.1) is 0 Å². The molecule has 0 unspecified atom stereocenters. The number of carbonyl (C=O) groups excluding carboxylic acids is 1. The van der Waals surface area contributed by atoms with E-state index < -0.39 is 17.5 Å². The van der Waals surface area contributed by atoms with Crippen molar-refractivity contribution in [2.75, 3.05) is 0 Å². The summed E-state index contributed by atoms with van der Waals surface area (Å²) in [5.41, 5.74) is 2.34. The smallest absolute Gasteiger partial charge is 0.258 e. The molecule has 5 rings (SSSR count). The fourth-order valence-electron chi connectivity index (χ4n) is 4.59. The van der Waals surface area contributed by atoms with E-state index in [1.54, 1.807) is 0 Å². The van der Waals surface area contributed by atoms with Gasteiger partial charge < -0.3 is 0 Å². The van der Waals surface area contributed by atoms with Gasteiger partial charge in [-0.1, -0.05) is 107 Å². The SMILES string of the molecule is Cc1ccc(C(=O)NC(=C(Cl)Sc2ccc(Cl)cc2)[P+](c2ccccc2)(c2ccccc2)c2ccccc2)cc1.[O-][Cl+3]([O-])([O-])[O-].